The maximum Gasteiger partial charge on any atom is 0.193 e. The first-order chi connectivity index (χ1) is 8.74. The first-order valence-corrected chi connectivity index (χ1v) is 7.33. The van der Waals surface area contributed by atoms with E-state index in [2.05, 4.69) is 34.7 Å². The molecule has 0 amide bonds. The van der Waals surface area contributed by atoms with Crippen molar-refractivity contribution in [1.29, 1.82) is 0 Å². The number of fused-ring (bicyclic) bond motifs is 5. The van der Waals surface area contributed by atoms with Crippen molar-refractivity contribution < 1.29 is 0 Å². The molecule has 3 aromatic rings. The molecule has 0 fully saturated rings. The van der Waals surface area contributed by atoms with Crippen molar-refractivity contribution in [3.8, 4) is 0 Å². The lowest BCUT2D eigenvalue weighted by Gasteiger charge is -2.17. The normalized spacial score (nSPS) is 19.6. The predicted molar refractivity (Wildman–Crippen MR) is 74.6 cm³/mol. The van der Waals surface area contributed by atoms with Crippen LogP contribution in [-0.4, -0.2) is 19.6 Å². The summed E-state index contributed by atoms with van der Waals surface area (Å²) in [4.78, 5) is 7.09. The average molecular weight is 276 g/mol. The summed E-state index contributed by atoms with van der Waals surface area (Å²) in [5.41, 5.74) is 2.34. The van der Waals surface area contributed by atoms with E-state index in [-0.39, 0.29) is 0 Å². The molecule has 1 aliphatic carbocycles. The molecule has 6 heteroatoms. The number of rotatable bonds is 0. The van der Waals surface area contributed by atoms with Gasteiger partial charge in [0.05, 0.1) is 5.39 Å². The maximum absolute atomic E-state index is 4.53. The number of nitrogens with zero attached hydrogens (tertiary/aromatic N) is 4. The molecule has 1 aliphatic rings. The predicted octanol–water partition coefficient (Wildman–Crippen LogP) is 2.75. The van der Waals surface area contributed by atoms with Gasteiger partial charge in [-0.15, -0.1) is 34.2 Å². The second-order valence-electron chi connectivity index (χ2n) is 4.97. The van der Waals surface area contributed by atoms with Gasteiger partial charge >= 0.3 is 0 Å². The van der Waals surface area contributed by atoms with E-state index in [1.54, 1.807) is 6.33 Å². The largest absolute Gasteiger partial charge is 0.260 e. The van der Waals surface area contributed by atoms with Gasteiger partial charge in [-0.2, -0.15) is 0 Å². The van der Waals surface area contributed by atoms with Crippen molar-refractivity contribution in [2.75, 3.05) is 0 Å². The van der Waals surface area contributed by atoms with Crippen LogP contribution in [0.2, 0.25) is 0 Å². The van der Waals surface area contributed by atoms with Gasteiger partial charge in [0.25, 0.3) is 0 Å². The molecule has 4 nitrogen and oxygen atoms in total. The summed E-state index contributed by atoms with van der Waals surface area (Å²) < 4.78 is 1.86. The van der Waals surface area contributed by atoms with Crippen LogP contribution < -0.4 is 0 Å². The van der Waals surface area contributed by atoms with Gasteiger partial charge in [-0.05, 0) is 30.7 Å². The van der Waals surface area contributed by atoms with Crippen LogP contribution in [0.4, 0.5) is 0 Å². The van der Waals surface area contributed by atoms with Crippen LogP contribution in [0, 0.1) is 5.92 Å². The van der Waals surface area contributed by atoms with E-state index in [4.69, 9.17) is 0 Å². The third-order valence-corrected chi connectivity index (χ3v) is 5.15. The Morgan fingerprint density at radius 3 is 3.22 bits per heavy atom. The lowest BCUT2D eigenvalue weighted by molar-refractivity contribution is 0.509. The standard InChI is InChI=1S/C12H12N4S2/c1-6-2-3-7-8(4-6)18-11-9(7)10-14-15-12(17)16(10)5-13-11/h5-6H,2-4H2,1H3,(H,15,17). The van der Waals surface area contributed by atoms with E-state index in [9.17, 15) is 0 Å². The molecule has 0 bridgehead atoms. The molecule has 0 aliphatic heterocycles. The Hall–Kier alpha value is -1.14. The smallest absolute Gasteiger partial charge is 0.193 e. The summed E-state index contributed by atoms with van der Waals surface area (Å²) in [7, 11) is 0. The van der Waals surface area contributed by atoms with E-state index < -0.39 is 0 Å². The van der Waals surface area contributed by atoms with Crippen LogP contribution >= 0.6 is 24.0 Å². The van der Waals surface area contributed by atoms with Gasteiger partial charge in [-0.3, -0.25) is 4.40 Å². The molecule has 0 radical (unpaired) electrons. The van der Waals surface area contributed by atoms with Crippen molar-refractivity contribution in [1.82, 2.24) is 19.6 Å². The molecule has 92 valence electrons. The minimum atomic E-state index is 0.600. The van der Waals surface area contributed by atoms with Crippen LogP contribution in [-0.2, 0) is 12.8 Å². The molecule has 1 atom stereocenters. The topological polar surface area (TPSA) is 43.1 Å². The molecular weight excluding hydrogens is 264 g/mol. The highest BCUT2D eigenvalue weighted by molar-refractivity contribution is 7.80. The number of thiol groups is 1. The zero-order valence-corrected chi connectivity index (χ0v) is 11.6. The van der Waals surface area contributed by atoms with E-state index in [0.717, 1.165) is 22.8 Å². The van der Waals surface area contributed by atoms with Crippen molar-refractivity contribution in [3.05, 3.63) is 16.8 Å². The van der Waals surface area contributed by atoms with Gasteiger partial charge in [0, 0.05) is 4.88 Å². The number of aromatic nitrogens is 4. The Kier molecular flexibility index (Phi) is 2.20. The molecule has 0 N–H and O–H groups in total. The zero-order valence-electron chi connectivity index (χ0n) is 9.92. The highest BCUT2D eigenvalue weighted by Crippen LogP contribution is 2.38. The third kappa shape index (κ3) is 1.36. The molecule has 3 heterocycles. The molecule has 18 heavy (non-hydrogen) atoms. The van der Waals surface area contributed by atoms with Crippen LogP contribution in [0.1, 0.15) is 23.8 Å². The van der Waals surface area contributed by atoms with Crippen LogP contribution in [0.15, 0.2) is 11.5 Å². The zero-order chi connectivity index (χ0) is 12.3. The monoisotopic (exact) mass is 276 g/mol. The number of hydrogen-bond donors (Lipinski definition) is 1. The Morgan fingerprint density at radius 1 is 1.44 bits per heavy atom. The number of hydrogen-bond acceptors (Lipinski definition) is 5. The molecule has 0 saturated heterocycles. The van der Waals surface area contributed by atoms with E-state index in [0.29, 0.717) is 5.16 Å². The number of thiophene rings is 1. The molecule has 0 aromatic carbocycles. The first kappa shape index (κ1) is 10.8. The summed E-state index contributed by atoms with van der Waals surface area (Å²) in [6.07, 6.45) is 5.32. The first-order valence-electron chi connectivity index (χ1n) is 6.07. The van der Waals surface area contributed by atoms with E-state index in [1.807, 2.05) is 15.7 Å². The lowest BCUT2D eigenvalue weighted by atomic mass is 9.89. The quantitative estimate of drug-likeness (QED) is 0.642. The van der Waals surface area contributed by atoms with Gasteiger partial charge in [-0.25, -0.2) is 4.98 Å². The van der Waals surface area contributed by atoms with Gasteiger partial charge in [0.15, 0.2) is 10.8 Å². The maximum atomic E-state index is 4.53. The highest BCUT2D eigenvalue weighted by Gasteiger charge is 2.23. The fourth-order valence-corrected chi connectivity index (χ4v) is 4.26. The summed E-state index contributed by atoms with van der Waals surface area (Å²) in [5.74, 6) is 0.778. The Morgan fingerprint density at radius 2 is 2.33 bits per heavy atom. The van der Waals surface area contributed by atoms with Crippen LogP contribution in [0.5, 0.6) is 0 Å². The third-order valence-electron chi connectivity index (χ3n) is 3.68. The minimum absolute atomic E-state index is 0.600. The second-order valence-corrected chi connectivity index (χ2v) is 6.45. The SMILES string of the molecule is CC1CCc2c(sc3ncn4c(S)nnc4c23)C1. The van der Waals surface area contributed by atoms with Crippen molar-refractivity contribution >= 4 is 39.8 Å². The fourth-order valence-electron chi connectivity index (χ4n) is 2.73. The number of aryl methyl sites for hydroxylation is 1. The van der Waals surface area contributed by atoms with Gasteiger partial charge in [-0.1, -0.05) is 6.92 Å². The molecule has 0 spiro atoms. The average Bonchev–Trinajstić information content (AvgIpc) is 2.89. The molecule has 0 saturated carbocycles. The fraction of sp³-hybridized carbons (Fsp3) is 0.417. The highest BCUT2D eigenvalue weighted by atomic mass is 32.1. The molecule has 4 rings (SSSR count). The molecule has 1 unspecified atom stereocenters. The summed E-state index contributed by atoms with van der Waals surface area (Å²) in [6, 6.07) is 0. The van der Waals surface area contributed by atoms with Crippen LogP contribution in [0.25, 0.3) is 15.9 Å². The Bertz CT molecular complexity index is 758. The molecular formula is C12H12N4S2. The van der Waals surface area contributed by atoms with Crippen LogP contribution in [0.3, 0.4) is 0 Å². The van der Waals surface area contributed by atoms with E-state index in [1.165, 1.54) is 28.7 Å². The van der Waals surface area contributed by atoms with Crippen molar-refractivity contribution in [3.63, 3.8) is 0 Å². The lowest BCUT2D eigenvalue weighted by Crippen LogP contribution is -2.08. The van der Waals surface area contributed by atoms with Crippen molar-refractivity contribution in [2.45, 2.75) is 31.3 Å². The Balaban J connectivity index is 2.12. The van der Waals surface area contributed by atoms with Crippen molar-refractivity contribution in [2.24, 2.45) is 5.92 Å². The van der Waals surface area contributed by atoms with Gasteiger partial charge in [0.1, 0.15) is 11.2 Å². The second kappa shape index (κ2) is 3.68. The molecule has 3 aromatic heterocycles. The summed E-state index contributed by atoms with van der Waals surface area (Å²) >= 11 is 6.11. The van der Waals surface area contributed by atoms with Gasteiger partial charge < -0.3 is 0 Å². The Labute approximate surface area is 113 Å². The van der Waals surface area contributed by atoms with E-state index >= 15 is 0 Å². The minimum Gasteiger partial charge on any atom is -0.260 e. The summed E-state index contributed by atoms with van der Waals surface area (Å²) in [5, 5.41) is 10.1. The van der Waals surface area contributed by atoms with Gasteiger partial charge in [0.2, 0.25) is 0 Å². The summed E-state index contributed by atoms with van der Waals surface area (Å²) in [6.45, 7) is 2.32.